The van der Waals surface area contributed by atoms with Crippen LogP contribution in [0.5, 0.6) is 51.7 Å². The van der Waals surface area contributed by atoms with E-state index in [1.54, 1.807) is 13.8 Å². The molecule has 0 amide bonds. The van der Waals surface area contributed by atoms with E-state index in [0.717, 1.165) is 0 Å². The molecule has 0 spiro atoms. The molecule has 7 aromatic carbocycles. The van der Waals surface area contributed by atoms with E-state index < -0.39 is 46.7 Å². The van der Waals surface area contributed by atoms with Crippen molar-refractivity contribution in [1.29, 1.82) is 0 Å². The quantitative estimate of drug-likeness (QED) is 0.0438. The minimum Gasteiger partial charge on any atom is -0.508 e. The number of methoxy groups -OCH3 is 4. The summed E-state index contributed by atoms with van der Waals surface area (Å²) in [6.07, 6.45) is -3.36. The maximum atomic E-state index is 14.0. The minimum atomic E-state index is -1.09. The van der Waals surface area contributed by atoms with E-state index in [2.05, 4.69) is 0 Å². The molecule has 0 saturated heterocycles. The van der Waals surface area contributed by atoms with E-state index in [0.29, 0.717) is 0 Å². The lowest BCUT2D eigenvalue weighted by molar-refractivity contribution is 0.0342. The first-order chi connectivity index (χ1) is 28.2. The van der Waals surface area contributed by atoms with Crippen LogP contribution in [0.2, 0.25) is 0 Å². The zero-order valence-electron chi connectivity index (χ0n) is 32.6. The topological polar surface area (TPSA) is 214 Å². The summed E-state index contributed by atoms with van der Waals surface area (Å²) in [5.74, 6) is -1.95. The van der Waals surface area contributed by atoms with E-state index in [-0.39, 0.29) is 113 Å². The van der Waals surface area contributed by atoms with Crippen molar-refractivity contribution in [2.45, 2.75) is 38.9 Å². The first-order valence-corrected chi connectivity index (χ1v) is 18.2. The Morgan fingerprint density at radius 1 is 0.542 bits per heavy atom. The number of carbonyl (C=O) groups is 2. The van der Waals surface area contributed by atoms with Gasteiger partial charge in [0.15, 0.2) is 33.9 Å². The average Bonchev–Trinajstić information content (AvgIpc) is 3.19. The molecule has 2 atom stereocenters. The Morgan fingerprint density at radius 2 is 0.966 bits per heavy atom. The second kappa shape index (κ2) is 15.5. The fourth-order valence-electron chi connectivity index (χ4n) is 7.79. The monoisotopic (exact) mass is 806 g/mol. The van der Waals surface area contributed by atoms with Crippen molar-refractivity contribution in [2.75, 3.05) is 28.4 Å². The van der Waals surface area contributed by atoms with Crippen LogP contribution in [-0.2, 0) is 22.3 Å². The van der Waals surface area contributed by atoms with Gasteiger partial charge >= 0.3 is 12.1 Å². The SMILES string of the molecule is COc1c(O)c2c(=O)cc(OC)c3c4c(OC)cc(=O)c5c(O)c(OC)c(C[C@H](C)OC(=O)c6ccc(O)cc6)c(c(c1C[C@H](C)OC(=O)Oc1ccc(O)cc1)c23)c54. The molecule has 0 aromatic heterocycles. The molecule has 0 aliphatic rings. The molecule has 4 N–H and O–H groups in total. The molecule has 0 aliphatic heterocycles. The van der Waals surface area contributed by atoms with Crippen LogP contribution in [0.15, 0.2) is 70.3 Å². The maximum absolute atomic E-state index is 14.0. The van der Waals surface area contributed by atoms with Crippen molar-refractivity contribution in [1.82, 2.24) is 0 Å². The predicted molar refractivity (Wildman–Crippen MR) is 216 cm³/mol. The van der Waals surface area contributed by atoms with Gasteiger partial charge in [-0.15, -0.1) is 0 Å². The highest BCUT2D eigenvalue weighted by atomic mass is 16.7. The Bertz CT molecular complexity index is 2890. The normalized spacial score (nSPS) is 12.4. The number of esters is 1. The fraction of sp³-hybridized carbons (Fsp3) is 0.227. The van der Waals surface area contributed by atoms with E-state index in [4.69, 9.17) is 33.2 Å². The number of phenolic OH excluding ortho intramolecular Hbond substituents is 4. The summed E-state index contributed by atoms with van der Waals surface area (Å²) in [6.45, 7) is 3.17. The van der Waals surface area contributed by atoms with E-state index in [1.165, 1.54) is 89.1 Å². The van der Waals surface area contributed by atoms with Gasteiger partial charge in [-0.3, -0.25) is 9.59 Å². The number of carbonyl (C=O) groups excluding carboxylic acids is 2. The highest BCUT2D eigenvalue weighted by Gasteiger charge is 2.34. The van der Waals surface area contributed by atoms with Crippen molar-refractivity contribution < 1.29 is 63.2 Å². The number of hydrogen-bond donors (Lipinski definition) is 4. The second-order valence-corrected chi connectivity index (χ2v) is 13.8. The Morgan fingerprint density at radius 3 is 1.39 bits per heavy atom. The Labute approximate surface area is 334 Å². The first kappa shape index (κ1) is 39.8. The Balaban J connectivity index is 1.57. The number of hydrogen-bond acceptors (Lipinski definition) is 15. The van der Waals surface area contributed by atoms with Gasteiger partial charge in [0.25, 0.3) is 0 Å². The summed E-state index contributed by atoms with van der Waals surface area (Å²) in [4.78, 5) is 54.4. The molecule has 7 aromatic rings. The summed E-state index contributed by atoms with van der Waals surface area (Å²) < 4.78 is 40.0. The third-order valence-corrected chi connectivity index (χ3v) is 10.1. The van der Waals surface area contributed by atoms with E-state index >= 15 is 0 Å². The molecular weight excluding hydrogens is 768 g/mol. The van der Waals surface area contributed by atoms with Crippen LogP contribution in [0, 0.1) is 0 Å². The standard InChI is InChI=1S/C44H38O15/c1-19(57-43(51)21-7-9-22(45)10-8-21)15-25-31-32-26(16-20(2)58-44(52)59-24-13-11-23(46)12-14-24)42(56-6)40(50)34-28(48)18-30(54-4)36(38(32)34)35-29(53-3)17-27(47)33(37(31)35)39(49)41(25)55-5/h7-14,17-20,45-46,49-50H,15-16H2,1-6H3/t19-,20-/m0/s1. The minimum absolute atomic E-state index is 0.0407. The van der Waals surface area contributed by atoms with Gasteiger partial charge in [-0.1, -0.05) is 0 Å². The van der Waals surface area contributed by atoms with Gasteiger partial charge in [0.2, 0.25) is 0 Å². The zero-order valence-corrected chi connectivity index (χ0v) is 32.6. The molecule has 0 saturated carbocycles. The van der Waals surface area contributed by atoms with Crippen LogP contribution in [0.1, 0.15) is 35.3 Å². The van der Waals surface area contributed by atoms with Gasteiger partial charge in [-0.25, -0.2) is 9.59 Å². The molecule has 0 radical (unpaired) electrons. The molecule has 0 unspecified atom stereocenters. The fourth-order valence-corrected chi connectivity index (χ4v) is 7.79. The van der Waals surface area contributed by atoms with Gasteiger partial charge in [-0.05, 0) is 73.2 Å². The summed E-state index contributed by atoms with van der Waals surface area (Å²) >= 11 is 0. The highest BCUT2D eigenvalue weighted by Crippen LogP contribution is 2.55. The molecular formula is C44H38O15. The molecule has 0 heterocycles. The van der Waals surface area contributed by atoms with Crippen LogP contribution in [0.4, 0.5) is 4.79 Å². The van der Waals surface area contributed by atoms with Gasteiger partial charge in [0.05, 0.1) is 44.8 Å². The average molecular weight is 807 g/mol. The second-order valence-electron chi connectivity index (χ2n) is 13.8. The highest BCUT2D eigenvalue weighted by molar-refractivity contribution is 6.38. The largest absolute Gasteiger partial charge is 0.514 e. The van der Waals surface area contributed by atoms with Gasteiger partial charge < -0.3 is 53.6 Å². The van der Waals surface area contributed by atoms with Crippen LogP contribution in [-0.4, -0.2) is 73.2 Å². The molecule has 59 heavy (non-hydrogen) atoms. The van der Waals surface area contributed by atoms with Gasteiger partial charge in [0, 0.05) is 57.6 Å². The van der Waals surface area contributed by atoms with E-state index in [1.807, 2.05) is 0 Å². The third-order valence-electron chi connectivity index (χ3n) is 10.1. The Kier molecular flexibility index (Phi) is 10.5. The lowest BCUT2D eigenvalue weighted by Crippen LogP contribution is -2.21. The molecule has 0 aliphatic carbocycles. The Hall–Kier alpha value is -7.42. The third kappa shape index (κ3) is 6.79. The first-order valence-electron chi connectivity index (χ1n) is 18.2. The van der Waals surface area contributed by atoms with Crippen molar-refractivity contribution in [2.24, 2.45) is 0 Å². The lowest BCUT2D eigenvalue weighted by atomic mass is 9.81. The number of aromatic hydroxyl groups is 4. The molecule has 7 rings (SSSR count). The van der Waals surface area contributed by atoms with Crippen molar-refractivity contribution in [3.05, 3.63) is 97.8 Å². The molecule has 304 valence electrons. The van der Waals surface area contributed by atoms with Crippen LogP contribution in [0.3, 0.4) is 0 Å². The van der Waals surface area contributed by atoms with Crippen molar-refractivity contribution in [3.63, 3.8) is 0 Å². The summed E-state index contributed by atoms with van der Waals surface area (Å²) in [5, 5.41) is 44.2. The summed E-state index contributed by atoms with van der Waals surface area (Å²) in [6, 6.07) is 13.2. The summed E-state index contributed by atoms with van der Waals surface area (Å²) in [5.41, 5.74) is -0.693. The van der Waals surface area contributed by atoms with Crippen molar-refractivity contribution in [3.8, 4) is 51.7 Å². The number of ether oxygens (including phenoxy) is 7. The smallest absolute Gasteiger partial charge is 0.508 e. The van der Waals surface area contributed by atoms with Crippen LogP contribution >= 0.6 is 0 Å². The molecule has 0 bridgehead atoms. The summed E-state index contributed by atoms with van der Waals surface area (Å²) in [7, 11) is 5.27. The lowest BCUT2D eigenvalue weighted by Gasteiger charge is -2.26. The number of phenols is 4. The molecule has 15 nitrogen and oxygen atoms in total. The van der Waals surface area contributed by atoms with E-state index in [9.17, 15) is 39.6 Å². The van der Waals surface area contributed by atoms with Crippen molar-refractivity contribution >= 4 is 55.2 Å². The van der Waals surface area contributed by atoms with Gasteiger partial charge in [0.1, 0.15) is 41.0 Å². The number of rotatable bonds is 12. The van der Waals surface area contributed by atoms with Crippen LogP contribution in [0.25, 0.3) is 43.1 Å². The number of benzene rings is 7. The predicted octanol–water partition coefficient (Wildman–Crippen LogP) is 6.69. The van der Waals surface area contributed by atoms with Gasteiger partial charge in [-0.2, -0.15) is 0 Å². The zero-order chi connectivity index (χ0) is 42.4. The molecule has 0 fully saturated rings. The van der Waals surface area contributed by atoms with Crippen LogP contribution < -0.4 is 34.5 Å². The number of fused-ring (bicyclic) bond motifs is 2. The molecule has 15 heteroatoms. The maximum Gasteiger partial charge on any atom is 0.514 e.